The van der Waals surface area contributed by atoms with Crippen molar-refractivity contribution in [2.24, 2.45) is 0 Å². The third-order valence-electron chi connectivity index (χ3n) is 5.25. The summed E-state index contributed by atoms with van der Waals surface area (Å²) in [6, 6.07) is 21.9. The quantitative estimate of drug-likeness (QED) is 0.254. The largest absolute Gasteiger partial charge is 0.0616 e. The average Bonchev–Trinajstić information content (AvgIpc) is 2.61. The fourth-order valence-electron chi connectivity index (χ4n) is 4.05. The van der Waals surface area contributed by atoms with E-state index in [1.54, 1.807) is 0 Å². The maximum absolute atomic E-state index is 3.90. The molecule has 0 atom stereocenters. The molecule has 0 N–H and O–H groups in total. The van der Waals surface area contributed by atoms with Gasteiger partial charge < -0.3 is 0 Å². The van der Waals surface area contributed by atoms with Gasteiger partial charge in [-0.15, -0.1) is 0 Å². The van der Waals surface area contributed by atoms with Crippen LogP contribution >= 0.6 is 31.9 Å². The zero-order chi connectivity index (χ0) is 19.3. The van der Waals surface area contributed by atoms with Gasteiger partial charge in [-0.25, -0.2) is 0 Å². The molecule has 4 rings (SSSR count). The van der Waals surface area contributed by atoms with Gasteiger partial charge in [-0.2, -0.15) is 0 Å². The van der Waals surface area contributed by atoms with E-state index in [-0.39, 0.29) is 5.41 Å². The predicted octanol–water partition coefficient (Wildman–Crippen LogP) is 8.79. The normalized spacial score (nSPS) is 12.1. The smallest absolute Gasteiger partial charge is 0.0225 e. The number of benzene rings is 4. The van der Waals surface area contributed by atoms with Gasteiger partial charge in [-0.1, -0.05) is 101 Å². The summed E-state index contributed by atoms with van der Waals surface area (Å²) in [7, 11) is 0. The highest BCUT2D eigenvalue weighted by molar-refractivity contribution is 9.10. The first-order valence-electron chi connectivity index (χ1n) is 9.19. The molecule has 0 unspecified atom stereocenters. The molecule has 0 amide bonds. The van der Waals surface area contributed by atoms with Crippen LogP contribution < -0.4 is 0 Å². The molecule has 0 radical (unpaired) electrons. The molecule has 0 heterocycles. The molecule has 0 aliphatic rings. The Bertz CT molecular complexity index is 1180. The molecule has 27 heavy (non-hydrogen) atoms. The summed E-state index contributed by atoms with van der Waals surface area (Å²) in [5.41, 5.74) is 5.30. The van der Waals surface area contributed by atoms with Crippen molar-refractivity contribution < 1.29 is 0 Å². The monoisotopic (exact) mass is 480 g/mol. The Morgan fingerprint density at radius 3 is 1.70 bits per heavy atom. The van der Waals surface area contributed by atoms with E-state index in [1.807, 2.05) is 0 Å². The Labute approximate surface area is 177 Å². The van der Waals surface area contributed by atoms with Crippen LogP contribution in [0, 0.1) is 6.92 Å². The van der Waals surface area contributed by atoms with Crippen LogP contribution in [0.5, 0.6) is 0 Å². The fourth-order valence-corrected chi connectivity index (χ4v) is 5.53. The lowest BCUT2D eigenvalue weighted by molar-refractivity contribution is 0.590. The third-order valence-corrected chi connectivity index (χ3v) is 6.70. The van der Waals surface area contributed by atoms with Gasteiger partial charge in [0, 0.05) is 8.95 Å². The second kappa shape index (κ2) is 6.76. The Morgan fingerprint density at radius 1 is 0.667 bits per heavy atom. The molecule has 2 heteroatoms. The van der Waals surface area contributed by atoms with E-state index in [0.29, 0.717) is 0 Å². The molecule has 0 saturated heterocycles. The molecule has 0 saturated carbocycles. The summed E-state index contributed by atoms with van der Waals surface area (Å²) in [6.07, 6.45) is 0. The second-order valence-corrected chi connectivity index (χ2v) is 9.87. The van der Waals surface area contributed by atoms with E-state index in [2.05, 4.69) is 120 Å². The van der Waals surface area contributed by atoms with Crippen LogP contribution in [0.25, 0.3) is 32.7 Å². The third kappa shape index (κ3) is 3.13. The number of rotatable bonds is 1. The van der Waals surface area contributed by atoms with E-state index < -0.39 is 0 Å². The van der Waals surface area contributed by atoms with Crippen molar-refractivity contribution in [2.75, 3.05) is 0 Å². The lowest BCUT2D eigenvalue weighted by Gasteiger charge is -2.28. The fraction of sp³-hybridized carbons (Fsp3) is 0.200. The van der Waals surface area contributed by atoms with Gasteiger partial charge in [-0.05, 0) is 68.3 Å². The molecular formula is C25H22Br2. The molecule has 0 bridgehead atoms. The molecule has 0 aliphatic heterocycles. The summed E-state index contributed by atoms with van der Waals surface area (Å²) < 4.78 is 2.33. The molecule has 0 fully saturated rings. The van der Waals surface area contributed by atoms with Crippen molar-refractivity contribution in [2.45, 2.75) is 33.1 Å². The molecule has 4 aromatic carbocycles. The van der Waals surface area contributed by atoms with Crippen LogP contribution in [-0.2, 0) is 5.41 Å². The van der Waals surface area contributed by atoms with Gasteiger partial charge >= 0.3 is 0 Å². The zero-order valence-corrected chi connectivity index (χ0v) is 19.2. The Hall–Kier alpha value is -1.64. The highest BCUT2D eigenvalue weighted by atomic mass is 79.9. The maximum atomic E-state index is 3.90. The summed E-state index contributed by atoms with van der Waals surface area (Å²) in [5, 5.41) is 5.12. The van der Waals surface area contributed by atoms with Crippen molar-refractivity contribution in [3.63, 3.8) is 0 Å². The Kier molecular flexibility index (Phi) is 4.68. The number of hydrogen-bond acceptors (Lipinski definition) is 0. The standard InChI is InChI=1S/C25H22Br2/c1-15-20(26)13-16-9-5-7-11-18(16)22(15)23-19-12-8-6-10-17(19)14-21(27)24(23)25(2,3)4/h5-14H,1-4H3. The van der Waals surface area contributed by atoms with Crippen molar-refractivity contribution in [1.29, 1.82) is 0 Å². The van der Waals surface area contributed by atoms with Crippen LogP contribution in [0.4, 0.5) is 0 Å². The van der Waals surface area contributed by atoms with Gasteiger partial charge in [0.15, 0.2) is 0 Å². The summed E-state index contributed by atoms with van der Waals surface area (Å²) >= 11 is 7.71. The minimum Gasteiger partial charge on any atom is -0.0616 e. The molecular weight excluding hydrogens is 460 g/mol. The summed E-state index contributed by atoms with van der Waals surface area (Å²) in [6.45, 7) is 9.09. The SMILES string of the molecule is Cc1c(Br)cc2ccccc2c1-c1c(C(C)(C)C)c(Br)cc2ccccc12. The van der Waals surface area contributed by atoms with E-state index >= 15 is 0 Å². The first-order valence-corrected chi connectivity index (χ1v) is 10.8. The van der Waals surface area contributed by atoms with Crippen LogP contribution in [-0.4, -0.2) is 0 Å². The van der Waals surface area contributed by atoms with Crippen LogP contribution in [0.3, 0.4) is 0 Å². The number of fused-ring (bicyclic) bond motifs is 2. The van der Waals surface area contributed by atoms with E-state index in [0.717, 1.165) is 4.47 Å². The Morgan fingerprint density at radius 2 is 1.15 bits per heavy atom. The molecule has 136 valence electrons. The topological polar surface area (TPSA) is 0 Å². The molecule has 0 aromatic heterocycles. The number of hydrogen-bond donors (Lipinski definition) is 0. The van der Waals surface area contributed by atoms with E-state index in [9.17, 15) is 0 Å². The van der Waals surface area contributed by atoms with Gasteiger partial charge in [0.1, 0.15) is 0 Å². The lowest BCUT2D eigenvalue weighted by Crippen LogP contribution is -2.14. The van der Waals surface area contributed by atoms with Crippen molar-refractivity contribution in [1.82, 2.24) is 0 Å². The minimum absolute atomic E-state index is 0.00800. The van der Waals surface area contributed by atoms with Crippen molar-refractivity contribution in [3.05, 3.63) is 80.7 Å². The van der Waals surface area contributed by atoms with Gasteiger partial charge in [0.05, 0.1) is 0 Å². The van der Waals surface area contributed by atoms with Crippen molar-refractivity contribution in [3.8, 4) is 11.1 Å². The van der Waals surface area contributed by atoms with Crippen LogP contribution in [0.1, 0.15) is 31.9 Å². The van der Waals surface area contributed by atoms with Crippen LogP contribution in [0.2, 0.25) is 0 Å². The van der Waals surface area contributed by atoms with Gasteiger partial charge in [-0.3, -0.25) is 0 Å². The number of halogens is 2. The second-order valence-electron chi connectivity index (χ2n) is 8.16. The lowest BCUT2D eigenvalue weighted by atomic mass is 9.78. The molecule has 0 aliphatic carbocycles. The van der Waals surface area contributed by atoms with Crippen molar-refractivity contribution >= 4 is 53.4 Å². The van der Waals surface area contributed by atoms with Gasteiger partial charge in [0.25, 0.3) is 0 Å². The van der Waals surface area contributed by atoms with E-state index in [1.165, 1.54) is 48.3 Å². The first kappa shape index (κ1) is 18.7. The Balaban J connectivity index is 2.30. The molecule has 0 spiro atoms. The summed E-state index contributed by atoms with van der Waals surface area (Å²) in [5.74, 6) is 0. The molecule has 0 nitrogen and oxygen atoms in total. The minimum atomic E-state index is 0.00800. The average molecular weight is 482 g/mol. The summed E-state index contributed by atoms with van der Waals surface area (Å²) in [4.78, 5) is 0. The highest BCUT2D eigenvalue weighted by Crippen LogP contribution is 2.47. The highest BCUT2D eigenvalue weighted by Gasteiger charge is 2.26. The van der Waals surface area contributed by atoms with Crippen LogP contribution in [0.15, 0.2) is 69.6 Å². The zero-order valence-electron chi connectivity index (χ0n) is 16.0. The predicted molar refractivity (Wildman–Crippen MR) is 126 cm³/mol. The first-order chi connectivity index (χ1) is 12.8. The maximum Gasteiger partial charge on any atom is 0.0225 e. The van der Waals surface area contributed by atoms with Gasteiger partial charge in [0.2, 0.25) is 0 Å². The van der Waals surface area contributed by atoms with E-state index in [4.69, 9.17) is 0 Å². The molecule has 4 aromatic rings.